The van der Waals surface area contributed by atoms with Crippen molar-refractivity contribution < 1.29 is 4.79 Å². The van der Waals surface area contributed by atoms with E-state index in [2.05, 4.69) is 33.7 Å². The second kappa shape index (κ2) is 7.31. The van der Waals surface area contributed by atoms with Gasteiger partial charge in [-0.15, -0.1) is 0 Å². The molecule has 1 amide bonds. The van der Waals surface area contributed by atoms with E-state index in [4.69, 9.17) is 12.2 Å². The molecule has 1 saturated heterocycles. The van der Waals surface area contributed by atoms with E-state index in [1.54, 1.807) is 18.3 Å². The SMILES string of the molecule is Cc1cc(N2CCN(C(=O)c3ccc[nH]c3=S)CC2)nc(C(C)C)n1. The van der Waals surface area contributed by atoms with E-state index in [9.17, 15) is 4.79 Å². The molecule has 0 aromatic carbocycles. The van der Waals surface area contributed by atoms with Gasteiger partial charge in [0.25, 0.3) is 5.91 Å². The van der Waals surface area contributed by atoms with Crippen molar-refractivity contribution in [3.8, 4) is 0 Å². The molecule has 3 heterocycles. The van der Waals surface area contributed by atoms with Crippen molar-refractivity contribution in [2.75, 3.05) is 31.1 Å². The van der Waals surface area contributed by atoms with E-state index in [-0.39, 0.29) is 5.91 Å². The first kappa shape index (κ1) is 17.5. The maximum atomic E-state index is 12.7. The number of carbonyl (C=O) groups is 1. The summed E-state index contributed by atoms with van der Waals surface area (Å²) >= 11 is 5.22. The van der Waals surface area contributed by atoms with Gasteiger partial charge in [0.1, 0.15) is 16.3 Å². The molecular formula is C18H23N5OS. The van der Waals surface area contributed by atoms with Gasteiger partial charge < -0.3 is 14.8 Å². The molecule has 2 aromatic heterocycles. The van der Waals surface area contributed by atoms with Gasteiger partial charge in [0.05, 0.1) is 5.56 Å². The van der Waals surface area contributed by atoms with Crippen molar-refractivity contribution in [3.63, 3.8) is 0 Å². The molecule has 1 aliphatic rings. The lowest BCUT2D eigenvalue weighted by Gasteiger charge is -2.35. The summed E-state index contributed by atoms with van der Waals surface area (Å²) in [5.74, 6) is 2.09. The number of nitrogens with zero attached hydrogens (tertiary/aromatic N) is 4. The zero-order valence-electron chi connectivity index (χ0n) is 14.8. The molecule has 6 nitrogen and oxygen atoms in total. The third-order valence-corrected chi connectivity index (χ3v) is 4.65. The molecule has 1 fully saturated rings. The Kier molecular flexibility index (Phi) is 5.13. The predicted molar refractivity (Wildman–Crippen MR) is 101 cm³/mol. The van der Waals surface area contributed by atoms with Crippen molar-refractivity contribution in [1.82, 2.24) is 19.9 Å². The van der Waals surface area contributed by atoms with Crippen molar-refractivity contribution in [3.05, 3.63) is 46.1 Å². The highest BCUT2D eigenvalue weighted by atomic mass is 32.1. The van der Waals surface area contributed by atoms with Crippen molar-refractivity contribution in [2.45, 2.75) is 26.7 Å². The number of rotatable bonds is 3. The molecule has 0 unspecified atom stereocenters. The van der Waals surface area contributed by atoms with Gasteiger partial charge in [-0.3, -0.25) is 4.79 Å². The molecule has 0 spiro atoms. The molecule has 1 aliphatic heterocycles. The van der Waals surface area contributed by atoms with Crippen LogP contribution in [-0.4, -0.2) is 51.9 Å². The monoisotopic (exact) mass is 357 g/mol. The number of hydrogen-bond acceptors (Lipinski definition) is 5. The maximum Gasteiger partial charge on any atom is 0.256 e. The number of hydrogen-bond donors (Lipinski definition) is 1. The number of H-pyrrole nitrogens is 1. The Morgan fingerprint density at radius 3 is 2.60 bits per heavy atom. The quantitative estimate of drug-likeness (QED) is 0.856. The lowest BCUT2D eigenvalue weighted by molar-refractivity contribution is 0.0745. The largest absolute Gasteiger partial charge is 0.353 e. The molecule has 0 aliphatic carbocycles. The van der Waals surface area contributed by atoms with Crippen LogP contribution in [-0.2, 0) is 0 Å². The number of amides is 1. The van der Waals surface area contributed by atoms with Crippen LogP contribution in [0.2, 0.25) is 0 Å². The second-order valence-corrected chi connectivity index (χ2v) is 6.98. The summed E-state index contributed by atoms with van der Waals surface area (Å²) < 4.78 is 0.489. The average Bonchev–Trinajstić information content (AvgIpc) is 2.61. The third-order valence-electron chi connectivity index (χ3n) is 4.31. The second-order valence-electron chi connectivity index (χ2n) is 6.57. The van der Waals surface area contributed by atoms with Gasteiger partial charge in [-0.25, -0.2) is 9.97 Å². The highest BCUT2D eigenvalue weighted by molar-refractivity contribution is 7.71. The van der Waals surface area contributed by atoms with Gasteiger partial charge >= 0.3 is 0 Å². The van der Waals surface area contributed by atoms with Crippen molar-refractivity contribution >= 4 is 23.9 Å². The lowest BCUT2D eigenvalue weighted by atomic mass is 10.2. The minimum atomic E-state index is -0.0109. The van der Waals surface area contributed by atoms with Crippen LogP contribution in [0.3, 0.4) is 0 Å². The minimum Gasteiger partial charge on any atom is -0.353 e. The Morgan fingerprint density at radius 1 is 1.24 bits per heavy atom. The number of anilines is 1. The van der Waals surface area contributed by atoms with Crippen LogP contribution in [0.25, 0.3) is 0 Å². The first-order valence-electron chi connectivity index (χ1n) is 8.53. The summed E-state index contributed by atoms with van der Waals surface area (Å²) in [6.07, 6.45) is 1.74. The molecule has 0 radical (unpaired) electrons. The number of aromatic amines is 1. The fourth-order valence-electron chi connectivity index (χ4n) is 2.89. The molecule has 0 saturated carbocycles. The van der Waals surface area contributed by atoms with Gasteiger partial charge in [0, 0.05) is 50.1 Å². The zero-order valence-corrected chi connectivity index (χ0v) is 15.6. The van der Waals surface area contributed by atoms with Crippen molar-refractivity contribution in [1.29, 1.82) is 0 Å². The van der Waals surface area contributed by atoms with Gasteiger partial charge in [-0.1, -0.05) is 26.1 Å². The van der Waals surface area contributed by atoms with E-state index in [0.717, 1.165) is 30.4 Å². The topological polar surface area (TPSA) is 65.1 Å². The molecule has 7 heteroatoms. The summed E-state index contributed by atoms with van der Waals surface area (Å²) in [5.41, 5.74) is 1.54. The summed E-state index contributed by atoms with van der Waals surface area (Å²) in [6, 6.07) is 5.59. The average molecular weight is 357 g/mol. The Bertz CT molecular complexity index is 824. The molecule has 2 aromatic rings. The number of nitrogens with one attached hydrogen (secondary N) is 1. The highest BCUT2D eigenvalue weighted by Gasteiger charge is 2.24. The van der Waals surface area contributed by atoms with E-state index >= 15 is 0 Å². The molecular weight excluding hydrogens is 334 g/mol. The molecule has 1 N–H and O–H groups in total. The number of piperazine rings is 1. The smallest absolute Gasteiger partial charge is 0.256 e. The number of aryl methyl sites for hydroxylation is 1. The molecule has 0 atom stereocenters. The number of aromatic nitrogens is 3. The summed E-state index contributed by atoms with van der Waals surface area (Å²) in [4.78, 5) is 28.8. The van der Waals surface area contributed by atoms with Crippen molar-refractivity contribution in [2.24, 2.45) is 0 Å². The fraction of sp³-hybridized carbons (Fsp3) is 0.444. The van der Waals surface area contributed by atoms with Crippen LogP contribution in [0, 0.1) is 11.6 Å². The van der Waals surface area contributed by atoms with E-state index in [1.165, 1.54) is 0 Å². The Labute approximate surface area is 152 Å². The lowest BCUT2D eigenvalue weighted by Crippen LogP contribution is -2.49. The Hall–Kier alpha value is -2.28. The minimum absolute atomic E-state index is 0.0109. The standard InChI is InChI=1S/C18H23N5OS/c1-12(2)16-20-13(3)11-15(21-16)22-7-9-23(10-8-22)18(24)14-5-4-6-19-17(14)25/h4-6,11-12H,7-10H2,1-3H3,(H,19,25). The predicted octanol–water partition coefficient (Wildman–Crippen LogP) is 2.93. The maximum absolute atomic E-state index is 12.7. The van der Waals surface area contributed by atoms with E-state index in [0.29, 0.717) is 29.2 Å². The number of pyridine rings is 1. The Morgan fingerprint density at radius 2 is 1.96 bits per heavy atom. The first-order chi connectivity index (χ1) is 12.0. The van der Waals surface area contributed by atoms with E-state index < -0.39 is 0 Å². The first-order valence-corrected chi connectivity index (χ1v) is 8.94. The van der Waals surface area contributed by atoms with Crippen LogP contribution in [0.15, 0.2) is 24.4 Å². The highest BCUT2D eigenvalue weighted by Crippen LogP contribution is 2.19. The third kappa shape index (κ3) is 3.87. The van der Waals surface area contributed by atoms with Gasteiger partial charge in [-0.2, -0.15) is 0 Å². The molecule has 3 rings (SSSR count). The van der Waals surface area contributed by atoms with E-state index in [1.807, 2.05) is 17.9 Å². The fourth-order valence-corrected chi connectivity index (χ4v) is 3.12. The van der Waals surface area contributed by atoms with Crippen LogP contribution < -0.4 is 4.90 Å². The van der Waals surface area contributed by atoms with Crippen LogP contribution >= 0.6 is 12.2 Å². The summed E-state index contributed by atoms with van der Waals surface area (Å²) in [5, 5.41) is 0. The van der Waals surface area contributed by atoms with Gasteiger partial charge in [0.2, 0.25) is 0 Å². The van der Waals surface area contributed by atoms with Gasteiger partial charge in [-0.05, 0) is 19.1 Å². The zero-order chi connectivity index (χ0) is 18.0. The Balaban J connectivity index is 1.71. The van der Waals surface area contributed by atoms with Crippen LogP contribution in [0.5, 0.6) is 0 Å². The number of carbonyl (C=O) groups excluding carboxylic acids is 1. The summed E-state index contributed by atoms with van der Waals surface area (Å²) in [6.45, 7) is 9.00. The normalized spacial score (nSPS) is 14.9. The van der Waals surface area contributed by atoms with Crippen LogP contribution in [0.1, 0.15) is 41.6 Å². The molecule has 0 bridgehead atoms. The van der Waals surface area contributed by atoms with Gasteiger partial charge in [0.15, 0.2) is 0 Å². The molecule has 25 heavy (non-hydrogen) atoms. The van der Waals surface area contributed by atoms with Crippen LogP contribution in [0.4, 0.5) is 5.82 Å². The molecule has 132 valence electrons. The summed E-state index contributed by atoms with van der Waals surface area (Å²) in [7, 11) is 0.